The first kappa shape index (κ1) is 24.5. The van der Waals surface area contributed by atoms with Crippen molar-refractivity contribution in [3.8, 4) is 0 Å². The van der Waals surface area contributed by atoms with Gasteiger partial charge < -0.3 is 24.8 Å². The molecule has 4 heterocycles. The van der Waals surface area contributed by atoms with Gasteiger partial charge >= 0.3 is 0 Å². The van der Waals surface area contributed by atoms with E-state index in [1.165, 1.54) is 11.3 Å². The van der Waals surface area contributed by atoms with E-state index >= 15 is 0 Å². The predicted octanol–water partition coefficient (Wildman–Crippen LogP) is 3.15. The molecule has 2 aliphatic rings. The highest BCUT2D eigenvalue weighted by atomic mass is 32.1. The minimum Gasteiger partial charge on any atom is -0.380 e. The van der Waals surface area contributed by atoms with Crippen LogP contribution in [0.5, 0.6) is 0 Å². The van der Waals surface area contributed by atoms with Crippen LogP contribution in [0.1, 0.15) is 18.2 Å². The van der Waals surface area contributed by atoms with Crippen LogP contribution >= 0.6 is 11.3 Å². The second-order valence-corrected chi connectivity index (χ2v) is 8.97. The summed E-state index contributed by atoms with van der Waals surface area (Å²) in [7, 11) is 0. The molecule has 2 aliphatic heterocycles. The number of nitrogens with one attached hydrogen (secondary N) is 1. The molecule has 1 atom stereocenters. The Morgan fingerprint density at radius 2 is 2.00 bits per heavy atom. The zero-order valence-electron chi connectivity index (χ0n) is 19.5. The molecule has 2 aromatic rings. The summed E-state index contributed by atoms with van der Waals surface area (Å²) in [6.07, 6.45) is 11.2. The third kappa shape index (κ3) is 6.94. The van der Waals surface area contributed by atoms with E-state index in [0.717, 1.165) is 67.4 Å². The molecule has 0 bridgehead atoms. The number of aliphatic imine (C=N–C) groups is 1. The molecule has 0 aliphatic carbocycles. The molecule has 2 fully saturated rings. The summed E-state index contributed by atoms with van der Waals surface area (Å²) >= 11 is 1.53. The molecule has 0 spiro atoms. The summed E-state index contributed by atoms with van der Waals surface area (Å²) in [5, 5.41) is 14.9. The predicted molar refractivity (Wildman–Crippen MR) is 137 cm³/mol. The standard InChI is InChI=1S/C24H32N6O3S/c1-2-25-21(23(31)30-9-4-13-32-16-12-30)6-3-5-20-18-27-24(34-20)28-22-17-19(7-8-26-22)29-10-14-33-15-11-29/h2-3,5-8,17-18,23,31H,4,9-16H2,1H3,(H,26,27,28)/b5-3+,21-6-,25-2?. The van der Waals surface area contributed by atoms with Gasteiger partial charge in [-0.3, -0.25) is 9.89 Å². The van der Waals surface area contributed by atoms with Crippen molar-refractivity contribution in [3.05, 3.63) is 47.3 Å². The Bertz CT molecular complexity index is 994. The molecule has 10 heteroatoms. The largest absolute Gasteiger partial charge is 0.380 e. The number of rotatable bonds is 8. The SMILES string of the molecule is CC=N/C(=C\C=C\c1cnc(Nc2cc(N3CCOCC3)ccn2)s1)C(O)N1CCCOCC1. The lowest BCUT2D eigenvalue weighted by atomic mass is 10.2. The first-order chi connectivity index (χ1) is 16.7. The molecule has 0 amide bonds. The zero-order chi connectivity index (χ0) is 23.6. The fourth-order valence-electron chi connectivity index (χ4n) is 3.82. The van der Waals surface area contributed by atoms with Crippen LogP contribution in [0.25, 0.3) is 6.08 Å². The van der Waals surface area contributed by atoms with Crippen molar-refractivity contribution in [3.63, 3.8) is 0 Å². The molecule has 0 radical (unpaired) electrons. The minimum atomic E-state index is -0.758. The molecule has 1 unspecified atom stereocenters. The van der Waals surface area contributed by atoms with Crippen molar-refractivity contribution in [2.45, 2.75) is 19.6 Å². The summed E-state index contributed by atoms with van der Waals surface area (Å²) < 4.78 is 10.9. The summed E-state index contributed by atoms with van der Waals surface area (Å²) in [4.78, 5) is 18.5. The van der Waals surface area contributed by atoms with Crippen molar-refractivity contribution in [2.24, 2.45) is 4.99 Å². The van der Waals surface area contributed by atoms with Gasteiger partial charge in [-0.1, -0.05) is 17.4 Å². The van der Waals surface area contributed by atoms with Gasteiger partial charge in [-0.25, -0.2) is 9.97 Å². The molecule has 34 heavy (non-hydrogen) atoms. The quantitative estimate of drug-likeness (QED) is 0.436. The van der Waals surface area contributed by atoms with Crippen molar-refractivity contribution < 1.29 is 14.6 Å². The van der Waals surface area contributed by atoms with Crippen molar-refractivity contribution in [1.82, 2.24) is 14.9 Å². The molecular weight excluding hydrogens is 452 g/mol. The van der Waals surface area contributed by atoms with Crippen molar-refractivity contribution in [2.75, 3.05) is 62.8 Å². The number of hydrogen-bond acceptors (Lipinski definition) is 10. The number of nitrogens with zero attached hydrogens (tertiary/aromatic N) is 5. The van der Waals surface area contributed by atoms with Gasteiger partial charge in [0, 0.05) is 68.0 Å². The van der Waals surface area contributed by atoms with Crippen LogP contribution in [0.4, 0.5) is 16.6 Å². The van der Waals surface area contributed by atoms with Crippen LogP contribution < -0.4 is 10.2 Å². The number of anilines is 3. The highest BCUT2D eigenvalue weighted by Gasteiger charge is 2.20. The normalized spacial score (nSPS) is 19.6. The van der Waals surface area contributed by atoms with Gasteiger partial charge in [0.1, 0.15) is 5.82 Å². The number of hydrogen-bond donors (Lipinski definition) is 2. The van der Waals surface area contributed by atoms with Gasteiger partial charge in [0.05, 0.1) is 25.5 Å². The number of aliphatic hydroxyl groups is 1. The van der Waals surface area contributed by atoms with E-state index in [4.69, 9.17) is 9.47 Å². The molecular formula is C24H32N6O3S. The third-order valence-electron chi connectivity index (χ3n) is 5.55. The lowest BCUT2D eigenvalue weighted by molar-refractivity contribution is 0.0293. The van der Waals surface area contributed by atoms with Crippen LogP contribution in [0.3, 0.4) is 0 Å². The maximum absolute atomic E-state index is 10.8. The number of pyridine rings is 1. The number of aromatic nitrogens is 2. The fourth-order valence-corrected chi connectivity index (χ4v) is 4.56. The highest BCUT2D eigenvalue weighted by molar-refractivity contribution is 7.16. The number of ether oxygens (including phenoxy) is 2. The number of morpholine rings is 1. The molecule has 182 valence electrons. The molecule has 0 aromatic carbocycles. The van der Waals surface area contributed by atoms with Crippen LogP contribution in [-0.4, -0.2) is 85.0 Å². The topological polar surface area (TPSA) is 95.3 Å². The van der Waals surface area contributed by atoms with Crippen molar-refractivity contribution in [1.29, 1.82) is 0 Å². The molecule has 4 rings (SSSR count). The second-order valence-electron chi connectivity index (χ2n) is 7.90. The van der Waals surface area contributed by atoms with E-state index in [0.29, 0.717) is 18.8 Å². The Morgan fingerprint density at radius 3 is 2.85 bits per heavy atom. The number of thiazole rings is 1. The number of aliphatic hydroxyl groups excluding tert-OH is 1. The summed E-state index contributed by atoms with van der Waals surface area (Å²) in [6.45, 7) is 7.93. The van der Waals surface area contributed by atoms with E-state index < -0.39 is 6.23 Å². The average molecular weight is 485 g/mol. The Balaban J connectivity index is 1.38. The van der Waals surface area contributed by atoms with Crippen LogP contribution in [-0.2, 0) is 9.47 Å². The smallest absolute Gasteiger partial charge is 0.188 e. The Hall–Kier alpha value is -2.63. The fraction of sp³-hybridized carbons (Fsp3) is 0.458. The van der Waals surface area contributed by atoms with E-state index in [9.17, 15) is 5.11 Å². The summed E-state index contributed by atoms with van der Waals surface area (Å²) in [5.74, 6) is 0.762. The third-order valence-corrected chi connectivity index (χ3v) is 6.43. The maximum Gasteiger partial charge on any atom is 0.188 e. The lowest BCUT2D eigenvalue weighted by Crippen LogP contribution is -2.38. The average Bonchev–Trinajstić information content (AvgIpc) is 3.13. The van der Waals surface area contributed by atoms with Crippen LogP contribution in [0.2, 0.25) is 0 Å². The second kappa shape index (κ2) is 12.7. The van der Waals surface area contributed by atoms with Gasteiger partial charge in [-0.15, -0.1) is 0 Å². The van der Waals surface area contributed by atoms with Gasteiger partial charge in [0.2, 0.25) is 0 Å². The van der Waals surface area contributed by atoms with Crippen molar-refractivity contribution >= 4 is 40.3 Å². The maximum atomic E-state index is 10.8. The molecule has 2 saturated heterocycles. The monoisotopic (exact) mass is 484 g/mol. The van der Waals surface area contributed by atoms with E-state index in [2.05, 4.69) is 25.2 Å². The van der Waals surface area contributed by atoms with Gasteiger partial charge in [-0.05, 0) is 31.6 Å². The highest BCUT2D eigenvalue weighted by Crippen LogP contribution is 2.25. The van der Waals surface area contributed by atoms with Gasteiger partial charge in [0.15, 0.2) is 11.4 Å². The molecule has 2 N–H and O–H groups in total. The van der Waals surface area contributed by atoms with Crippen LogP contribution in [0.15, 0.2) is 47.4 Å². The van der Waals surface area contributed by atoms with Gasteiger partial charge in [0.25, 0.3) is 0 Å². The lowest BCUT2D eigenvalue weighted by Gasteiger charge is -2.28. The molecule has 0 saturated carbocycles. The van der Waals surface area contributed by atoms with E-state index in [1.807, 2.05) is 54.6 Å². The zero-order valence-corrected chi connectivity index (χ0v) is 20.3. The summed E-state index contributed by atoms with van der Waals surface area (Å²) in [5.41, 5.74) is 1.73. The Morgan fingerprint density at radius 1 is 1.18 bits per heavy atom. The molecule has 9 nitrogen and oxygen atoms in total. The molecule has 2 aromatic heterocycles. The van der Waals surface area contributed by atoms with E-state index in [-0.39, 0.29) is 0 Å². The van der Waals surface area contributed by atoms with Crippen LogP contribution in [0, 0.1) is 0 Å². The Kier molecular flexibility index (Phi) is 9.17. The Labute approximate surface area is 204 Å². The summed E-state index contributed by atoms with van der Waals surface area (Å²) in [6, 6.07) is 4.05. The van der Waals surface area contributed by atoms with E-state index in [1.54, 1.807) is 6.21 Å². The first-order valence-electron chi connectivity index (χ1n) is 11.6. The minimum absolute atomic E-state index is 0.604. The van der Waals surface area contributed by atoms with Gasteiger partial charge in [-0.2, -0.15) is 0 Å². The first-order valence-corrected chi connectivity index (χ1v) is 12.4. The number of allylic oxidation sites excluding steroid dienone is 2.